The highest BCUT2D eigenvalue weighted by molar-refractivity contribution is 5.21. The maximum absolute atomic E-state index is 2.63. The highest BCUT2D eigenvalue weighted by Crippen LogP contribution is 2.80. The van der Waals surface area contributed by atoms with Gasteiger partial charge in [0.25, 0.3) is 0 Å². The van der Waals surface area contributed by atoms with Gasteiger partial charge in [-0.2, -0.15) is 0 Å². The van der Waals surface area contributed by atoms with E-state index in [0.29, 0.717) is 10.8 Å². The molecule has 0 aromatic rings. The second-order valence-electron chi connectivity index (χ2n) is 9.27. The van der Waals surface area contributed by atoms with Gasteiger partial charge in [0.1, 0.15) is 0 Å². The molecule has 0 aliphatic heterocycles. The molecule has 5 unspecified atom stereocenters. The third-order valence-electron chi connectivity index (χ3n) is 8.59. The molecule has 2 fully saturated rings. The first-order valence-electron chi connectivity index (χ1n) is 9.77. The molecule has 0 heteroatoms. The Labute approximate surface area is 134 Å². The molecule has 2 rings (SSSR count). The van der Waals surface area contributed by atoms with Crippen molar-refractivity contribution in [2.24, 2.45) is 34.0 Å². The molecule has 124 valence electrons. The van der Waals surface area contributed by atoms with Gasteiger partial charge in [0.15, 0.2) is 0 Å². The van der Waals surface area contributed by atoms with Crippen LogP contribution in [0.25, 0.3) is 0 Å². The van der Waals surface area contributed by atoms with Gasteiger partial charge in [0, 0.05) is 0 Å². The van der Waals surface area contributed by atoms with E-state index in [1.807, 2.05) is 0 Å². The van der Waals surface area contributed by atoms with Crippen LogP contribution in [-0.4, -0.2) is 0 Å². The Morgan fingerprint density at radius 1 is 1.14 bits per heavy atom. The molecule has 21 heavy (non-hydrogen) atoms. The third kappa shape index (κ3) is 2.49. The first-order valence-corrected chi connectivity index (χ1v) is 9.77. The third-order valence-corrected chi connectivity index (χ3v) is 8.59. The van der Waals surface area contributed by atoms with Crippen molar-refractivity contribution >= 4 is 0 Å². The quantitative estimate of drug-likeness (QED) is 0.419. The van der Waals surface area contributed by atoms with Crippen LogP contribution < -0.4 is 0 Å². The Bertz CT molecular complexity index is 351. The molecule has 0 heterocycles. The van der Waals surface area contributed by atoms with Gasteiger partial charge in [-0.15, -0.1) is 0 Å². The molecule has 2 aliphatic carbocycles. The lowest BCUT2D eigenvalue weighted by Crippen LogP contribution is -2.54. The predicted molar refractivity (Wildman–Crippen MR) is 94.4 cm³/mol. The molecule has 5 atom stereocenters. The van der Waals surface area contributed by atoms with Crippen molar-refractivity contribution in [2.45, 2.75) is 99.8 Å². The fourth-order valence-corrected chi connectivity index (χ4v) is 5.95. The fraction of sp³-hybridized carbons (Fsp3) is 1.00. The number of rotatable bonds is 8. The Kier molecular flexibility index (Phi) is 4.87. The van der Waals surface area contributed by atoms with E-state index in [4.69, 9.17) is 0 Å². The molecular weight excluding hydrogens is 252 g/mol. The van der Waals surface area contributed by atoms with Crippen LogP contribution in [0.4, 0.5) is 0 Å². The first-order chi connectivity index (χ1) is 9.77. The van der Waals surface area contributed by atoms with Gasteiger partial charge >= 0.3 is 0 Å². The van der Waals surface area contributed by atoms with E-state index in [2.05, 4.69) is 48.5 Å². The number of hydrogen-bond acceptors (Lipinski definition) is 0. The van der Waals surface area contributed by atoms with Gasteiger partial charge < -0.3 is 0 Å². The van der Waals surface area contributed by atoms with Crippen molar-refractivity contribution in [1.29, 1.82) is 0 Å². The summed E-state index contributed by atoms with van der Waals surface area (Å²) in [6.45, 7) is 17.7. The van der Waals surface area contributed by atoms with Crippen LogP contribution in [0.1, 0.15) is 99.8 Å². The van der Waals surface area contributed by atoms with Crippen LogP contribution in [0.15, 0.2) is 0 Å². The Balaban J connectivity index is 2.07. The van der Waals surface area contributed by atoms with Gasteiger partial charge in [-0.1, -0.05) is 80.6 Å². The van der Waals surface area contributed by atoms with Crippen molar-refractivity contribution in [2.75, 3.05) is 0 Å². The molecule has 0 radical (unpaired) electrons. The largest absolute Gasteiger partial charge is 0.0654 e. The predicted octanol–water partition coefficient (Wildman–Crippen LogP) is 7.08. The zero-order valence-corrected chi connectivity index (χ0v) is 15.9. The van der Waals surface area contributed by atoms with Crippen LogP contribution in [-0.2, 0) is 0 Å². The van der Waals surface area contributed by atoms with Crippen LogP contribution in [0.3, 0.4) is 0 Å². The van der Waals surface area contributed by atoms with E-state index in [9.17, 15) is 0 Å². The van der Waals surface area contributed by atoms with Crippen LogP contribution in [0.5, 0.6) is 0 Å². The molecule has 0 aromatic heterocycles. The molecule has 0 aromatic carbocycles. The average molecular weight is 293 g/mol. The van der Waals surface area contributed by atoms with Crippen LogP contribution in [0, 0.1) is 34.0 Å². The van der Waals surface area contributed by atoms with Crippen molar-refractivity contribution in [1.82, 2.24) is 0 Å². The molecule has 0 N–H and O–H groups in total. The molecule has 0 bridgehead atoms. The summed E-state index contributed by atoms with van der Waals surface area (Å²) >= 11 is 0. The summed E-state index contributed by atoms with van der Waals surface area (Å²) in [5.74, 6) is 2.77. The maximum Gasteiger partial charge on any atom is -0.0210 e. The SMILES string of the molecule is CCCCCC(CC)C(C)C(C)(C)C1(C)CCC12CC2C. The summed E-state index contributed by atoms with van der Waals surface area (Å²) in [7, 11) is 0. The summed E-state index contributed by atoms with van der Waals surface area (Å²) in [4.78, 5) is 0. The lowest BCUT2D eigenvalue weighted by atomic mass is 9.43. The molecule has 2 saturated carbocycles. The van der Waals surface area contributed by atoms with Gasteiger partial charge in [0.05, 0.1) is 0 Å². The normalized spacial score (nSPS) is 38.1. The van der Waals surface area contributed by atoms with Crippen molar-refractivity contribution in [3.8, 4) is 0 Å². The molecule has 0 amide bonds. The first kappa shape index (κ1) is 17.4. The van der Waals surface area contributed by atoms with Gasteiger partial charge in [-0.05, 0) is 53.3 Å². The molecular formula is C21H40. The second kappa shape index (κ2) is 5.89. The minimum atomic E-state index is 0.489. The summed E-state index contributed by atoms with van der Waals surface area (Å²) in [6, 6.07) is 0. The highest BCUT2D eigenvalue weighted by Gasteiger charge is 2.72. The molecule has 0 saturated heterocycles. The molecule has 2 aliphatic rings. The second-order valence-corrected chi connectivity index (χ2v) is 9.27. The standard InChI is InChI=1S/C21H40/c1-8-10-11-12-18(9-2)17(4)19(5,6)20(7)13-14-21(20)15-16(21)3/h16-18H,8-15H2,1-7H3. The monoisotopic (exact) mass is 292 g/mol. The zero-order chi connectivity index (χ0) is 15.9. The van der Waals surface area contributed by atoms with Crippen molar-refractivity contribution in [3.05, 3.63) is 0 Å². The Morgan fingerprint density at radius 3 is 2.14 bits per heavy atom. The van der Waals surface area contributed by atoms with Crippen LogP contribution in [0.2, 0.25) is 0 Å². The summed E-state index contributed by atoms with van der Waals surface area (Å²) in [6.07, 6.45) is 11.5. The minimum Gasteiger partial charge on any atom is -0.0654 e. The lowest BCUT2D eigenvalue weighted by Gasteiger charge is -2.62. The van der Waals surface area contributed by atoms with E-state index in [0.717, 1.165) is 23.2 Å². The maximum atomic E-state index is 2.63. The van der Waals surface area contributed by atoms with Crippen LogP contribution >= 0.6 is 0 Å². The summed E-state index contributed by atoms with van der Waals surface area (Å²) < 4.78 is 0. The van der Waals surface area contributed by atoms with Gasteiger partial charge in [-0.25, -0.2) is 0 Å². The average Bonchev–Trinajstić information content (AvgIpc) is 3.15. The summed E-state index contributed by atoms with van der Waals surface area (Å²) in [5.41, 5.74) is 1.81. The van der Waals surface area contributed by atoms with E-state index < -0.39 is 0 Å². The highest BCUT2D eigenvalue weighted by atomic mass is 14.8. The summed E-state index contributed by atoms with van der Waals surface area (Å²) in [5, 5.41) is 0. The molecule has 0 nitrogen and oxygen atoms in total. The topological polar surface area (TPSA) is 0 Å². The van der Waals surface area contributed by atoms with Gasteiger partial charge in [0.2, 0.25) is 0 Å². The zero-order valence-electron chi connectivity index (χ0n) is 15.9. The number of unbranched alkanes of at least 4 members (excludes halogenated alkanes) is 2. The van der Waals surface area contributed by atoms with E-state index in [1.54, 1.807) is 0 Å². The van der Waals surface area contributed by atoms with Crippen molar-refractivity contribution in [3.63, 3.8) is 0 Å². The van der Waals surface area contributed by atoms with E-state index in [1.165, 1.54) is 51.4 Å². The lowest BCUT2D eigenvalue weighted by molar-refractivity contribution is -0.131. The Morgan fingerprint density at radius 2 is 1.76 bits per heavy atom. The van der Waals surface area contributed by atoms with E-state index in [-0.39, 0.29) is 0 Å². The fourth-order valence-electron chi connectivity index (χ4n) is 5.95. The van der Waals surface area contributed by atoms with Crippen molar-refractivity contribution < 1.29 is 0 Å². The molecule has 1 spiro atoms. The smallest absolute Gasteiger partial charge is 0.0210 e. The van der Waals surface area contributed by atoms with E-state index >= 15 is 0 Å². The number of hydrogen-bond donors (Lipinski definition) is 0. The Hall–Kier alpha value is 0. The minimum absolute atomic E-state index is 0.489. The van der Waals surface area contributed by atoms with Gasteiger partial charge in [-0.3, -0.25) is 0 Å².